The van der Waals surface area contributed by atoms with E-state index in [2.05, 4.69) is 16.8 Å². The molecule has 1 aromatic rings. The summed E-state index contributed by atoms with van der Waals surface area (Å²) in [6.45, 7) is 5.26. The van der Waals surface area contributed by atoms with Crippen molar-refractivity contribution in [2.45, 2.75) is 56.3 Å². The van der Waals surface area contributed by atoms with Crippen LogP contribution in [0.4, 0.5) is 13.2 Å². The van der Waals surface area contributed by atoms with Crippen LogP contribution in [0, 0.1) is 0 Å². The Bertz CT molecular complexity index is 843. The maximum Gasteiger partial charge on any atom is 0.416 e. The average Bonchev–Trinajstić information content (AvgIpc) is 2.72. The number of hydrogen-bond acceptors (Lipinski definition) is 5. The van der Waals surface area contributed by atoms with E-state index in [1.807, 2.05) is 7.05 Å². The van der Waals surface area contributed by atoms with Gasteiger partial charge in [-0.15, -0.1) is 0 Å². The highest BCUT2D eigenvalue weighted by atomic mass is 19.4. The van der Waals surface area contributed by atoms with Crippen LogP contribution in [0.1, 0.15) is 49.7 Å². The summed E-state index contributed by atoms with van der Waals surface area (Å²) in [4.78, 5) is 35.3. The largest absolute Gasteiger partial charge is 0.483 e. The molecule has 10 heteroatoms. The van der Waals surface area contributed by atoms with Crippen molar-refractivity contribution in [2.75, 3.05) is 20.1 Å². The molecule has 1 saturated carbocycles. The number of carboxylic acid groups (broad SMARTS) is 1. The number of esters is 1. The lowest BCUT2D eigenvalue weighted by molar-refractivity contribution is -0.171. The Morgan fingerprint density at radius 1 is 1.24 bits per heavy atom. The number of benzene rings is 1. The smallest absolute Gasteiger partial charge is 0.416 e. The summed E-state index contributed by atoms with van der Waals surface area (Å²) in [6, 6.07) is 4.77. The first-order valence-electron chi connectivity index (χ1n) is 10.7. The van der Waals surface area contributed by atoms with Gasteiger partial charge in [-0.2, -0.15) is 13.2 Å². The quantitative estimate of drug-likeness (QED) is 0.376. The molecule has 3 rings (SSSR count). The lowest BCUT2D eigenvalue weighted by Gasteiger charge is -2.41. The van der Waals surface area contributed by atoms with Crippen molar-refractivity contribution in [3.63, 3.8) is 0 Å². The number of piperidine rings is 1. The van der Waals surface area contributed by atoms with Gasteiger partial charge in [0, 0.05) is 11.6 Å². The van der Waals surface area contributed by atoms with E-state index in [1.165, 1.54) is 12.1 Å². The van der Waals surface area contributed by atoms with Crippen molar-refractivity contribution in [3.05, 3.63) is 47.5 Å². The topological polar surface area (TPSA) is 95.9 Å². The van der Waals surface area contributed by atoms with Crippen LogP contribution in [0.3, 0.4) is 0 Å². The lowest BCUT2D eigenvalue weighted by Crippen LogP contribution is -2.44. The number of hydrogen-bond donors (Lipinski definition) is 2. The number of nitrogens with one attached hydrogen (secondary N) is 1. The Hall–Kier alpha value is -2.88. The van der Waals surface area contributed by atoms with E-state index in [-0.39, 0.29) is 30.4 Å². The third kappa shape index (κ3) is 7.31. The van der Waals surface area contributed by atoms with Crippen LogP contribution in [-0.4, -0.2) is 54.5 Å². The molecule has 0 radical (unpaired) electrons. The van der Waals surface area contributed by atoms with E-state index in [9.17, 15) is 22.8 Å². The van der Waals surface area contributed by atoms with Crippen molar-refractivity contribution in [1.29, 1.82) is 0 Å². The second-order valence-corrected chi connectivity index (χ2v) is 8.33. The van der Waals surface area contributed by atoms with Crippen LogP contribution in [0.15, 0.2) is 36.4 Å². The Balaban J connectivity index is 0.00000122. The molecule has 0 bridgehead atoms. The van der Waals surface area contributed by atoms with Crippen LogP contribution in [0.2, 0.25) is 0 Å². The lowest BCUT2D eigenvalue weighted by atomic mass is 9.74. The van der Waals surface area contributed by atoms with Gasteiger partial charge in [-0.05, 0) is 69.9 Å². The number of halogens is 3. The van der Waals surface area contributed by atoms with Crippen LogP contribution >= 0.6 is 0 Å². The minimum Gasteiger partial charge on any atom is -0.483 e. The molecule has 182 valence electrons. The molecular formula is C23H29F3N2O5. The van der Waals surface area contributed by atoms with Crippen LogP contribution in [-0.2, 0) is 30.9 Å². The predicted octanol–water partition coefficient (Wildman–Crippen LogP) is 3.49. The van der Waals surface area contributed by atoms with Crippen LogP contribution in [0.5, 0.6) is 0 Å². The summed E-state index contributed by atoms with van der Waals surface area (Å²) in [5.41, 5.74) is -1.00. The first kappa shape index (κ1) is 26.4. The van der Waals surface area contributed by atoms with Crippen LogP contribution in [0.25, 0.3) is 0 Å². The normalized spacial score (nSPS) is 18.2. The number of rotatable bonds is 6. The standard InChI is InChI=1S/C22H27F3N2O3.CH2O2/c1-15(20(29)26-18-8-12-27(2)13-9-18)14-19(28)30-21(10-3-11-21)16-4-6-17(7-5-16)22(23,24)25;2-1-3/h4-7,18H,1,3,8-14H2,2H3,(H,26,29);1H,(H,2,3). The third-order valence-corrected chi connectivity index (χ3v) is 5.94. The molecular weight excluding hydrogens is 441 g/mol. The molecule has 7 nitrogen and oxygen atoms in total. The minimum absolute atomic E-state index is 0.0617. The van der Waals surface area contributed by atoms with Crippen molar-refractivity contribution >= 4 is 18.3 Å². The molecule has 2 aliphatic rings. The Kier molecular flexibility index (Phi) is 9.04. The van der Waals surface area contributed by atoms with Gasteiger partial charge in [-0.1, -0.05) is 18.7 Å². The number of alkyl halides is 3. The second kappa shape index (κ2) is 11.3. The van der Waals surface area contributed by atoms with Gasteiger partial charge in [-0.3, -0.25) is 14.4 Å². The van der Waals surface area contributed by atoms with Crippen molar-refractivity contribution in [3.8, 4) is 0 Å². The van der Waals surface area contributed by atoms with Crippen molar-refractivity contribution in [2.24, 2.45) is 0 Å². The molecule has 1 aliphatic carbocycles. The van der Waals surface area contributed by atoms with Crippen molar-refractivity contribution < 1.29 is 37.4 Å². The van der Waals surface area contributed by atoms with Crippen molar-refractivity contribution in [1.82, 2.24) is 10.2 Å². The predicted molar refractivity (Wildman–Crippen MR) is 114 cm³/mol. The van der Waals surface area contributed by atoms with E-state index >= 15 is 0 Å². The van der Waals surface area contributed by atoms with E-state index < -0.39 is 23.3 Å². The second-order valence-electron chi connectivity index (χ2n) is 8.33. The fourth-order valence-electron chi connectivity index (χ4n) is 3.86. The Labute approximate surface area is 190 Å². The summed E-state index contributed by atoms with van der Waals surface area (Å²) in [5.74, 6) is -0.961. The third-order valence-electron chi connectivity index (χ3n) is 5.94. The summed E-state index contributed by atoms with van der Waals surface area (Å²) >= 11 is 0. The van der Waals surface area contributed by atoms with Gasteiger partial charge in [0.15, 0.2) is 0 Å². The highest BCUT2D eigenvalue weighted by Gasteiger charge is 2.43. The number of carbonyl (C=O) groups excluding carboxylic acids is 2. The molecule has 0 atom stereocenters. The number of likely N-dealkylation sites (tertiary alicyclic amines) is 1. The van der Waals surface area contributed by atoms with Gasteiger partial charge >= 0.3 is 12.1 Å². The molecule has 2 N–H and O–H groups in total. The van der Waals surface area contributed by atoms with Crippen LogP contribution < -0.4 is 5.32 Å². The van der Waals surface area contributed by atoms with Gasteiger partial charge in [0.05, 0.1) is 12.0 Å². The molecule has 1 aromatic carbocycles. The van der Waals surface area contributed by atoms with Gasteiger partial charge in [0.25, 0.3) is 6.47 Å². The molecule has 0 aromatic heterocycles. The fraction of sp³-hybridized carbons (Fsp3) is 0.522. The molecule has 2 fully saturated rings. The zero-order valence-electron chi connectivity index (χ0n) is 18.5. The summed E-state index contributed by atoms with van der Waals surface area (Å²) < 4.78 is 44.0. The van der Waals surface area contributed by atoms with Gasteiger partial charge in [0.2, 0.25) is 5.91 Å². The SMILES string of the molecule is C=C(CC(=O)OC1(c2ccc(C(F)(F)F)cc2)CCC1)C(=O)NC1CCN(C)CC1.O=CO. The fourth-order valence-corrected chi connectivity index (χ4v) is 3.86. The first-order valence-corrected chi connectivity index (χ1v) is 10.7. The molecule has 1 heterocycles. The first-order chi connectivity index (χ1) is 15.5. The molecule has 33 heavy (non-hydrogen) atoms. The maximum atomic E-state index is 12.8. The van der Waals surface area contributed by atoms with Gasteiger partial charge < -0.3 is 20.1 Å². The summed E-state index contributed by atoms with van der Waals surface area (Å²) in [7, 11) is 2.03. The monoisotopic (exact) mass is 470 g/mol. The number of carbonyl (C=O) groups is 3. The maximum absolute atomic E-state index is 12.8. The molecule has 0 unspecified atom stereocenters. The molecule has 1 saturated heterocycles. The van der Waals surface area contributed by atoms with E-state index in [0.29, 0.717) is 18.4 Å². The Morgan fingerprint density at radius 2 is 1.79 bits per heavy atom. The number of ether oxygens (including phenoxy) is 1. The Morgan fingerprint density at radius 3 is 2.24 bits per heavy atom. The van der Waals surface area contributed by atoms with E-state index in [0.717, 1.165) is 44.5 Å². The zero-order valence-corrected chi connectivity index (χ0v) is 18.5. The molecule has 0 spiro atoms. The molecule has 1 amide bonds. The van der Waals surface area contributed by atoms with E-state index in [4.69, 9.17) is 14.6 Å². The molecule has 1 aliphatic heterocycles. The average molecular weight is 470 g/mol. The van der Waals surface area contributed by atoms with Gasteiger partial charge in [-0.25, -0.2) is 0 Å². The van der Waals surface area contributed by atoms with Gasteiger partial charge in [0.1, 0.15) is 5.60 Å². The summed E-state index contributed by atoms with van der Waals surface area (Å²) in [6.07, 6.45) is -1.09. The number of amides is 1. The number of nitrogens with zero attached hydrogens (tertiary/aromatic N) is 1. The zero-order chi connectivity index (χ0) is 24.6. The summed E-state index contributed by atoms with van der Waals surface area (Å²) in [5, 5.41) is 9.80. The van der Waals surface area contributed by atoms with E-state index in [1.54, 1.807) is 0 Å². The highest BCUT2D eigenvalue weighted by Crippen LogP contribution is 2.45. The minimum atomic E-state index is -4.42. The highest BCUT2D eigenvalue weighted by molar-refractivity contribution is 5.97.